The molecule has 0 saturated heterocycles. The van der Waals surface area contributed by atoms with E-state index >= 15 is 0 Å². The third-order valence-electron chi connectivity index (χ3n) is 5.52. The highest BCUT2D eigenvalue weighted by atomic mass is 32.2. The van der Waals surface area contributed by atoms with Crippen LogP contribution >= 0.6 is 0 Å². The molecule has 3 aromatic carbocycles. The molecule has 166 valence electrons. The maximum atomic E-state index is 13.5. The number of carbonyl (C=O) groups is 1. The van der Waals surface area contributed by atoms with Crippen LogP contribution in [0, 0.1) is 13.8 Å². The van der Waals surface area contributed by atoms with Gasteiger partial charge in [-0.15, -0.1) is 0 Å². The first-order valence-electron chi connectivity index (χ1n) is 10.5. The van der Waals surface area contributed by atoms with E-state index in [0.717, 1.165) is 23.1 Å². The number of carbonyl (C=O) groups excluding carboxylic acids is 1. The van der Waals surface area contributed by atoms with Gasteiger partial charge in [-0.3, -0.25) is 9.10 Å². The van der Waals surface area contributed by atoms with Crippen LogP contribution in [0.2, 0.25) is 0 Å². The van der Waals surface area contributed by atoms with Gasteiger partial charge < -0.3 is 10.1 Å². The second kappa shape index (κ2) is 8.67. The number of ether oxygens (including phenoxy) is 1. The smallest absolute Gasteiger partial charge is 0.267 e. The molecule has 3 aromatic rings. The highest BCUT2D eigenvalue weighted by Crippen LogP contribution is 2.38. The van der Waals surface area contributed by atoms with Crippen LogP contribution in [0.3, 0.4) is 0 Å². The highest BCUT2D eigenvalue weighted by molar-refractivity contribution is 7.92. The van der Waals surface area contributed by atoms with Gasteiger partial charge in [0.2, 0.25) is 0 Å². The van der Waals surface area contributed by atoms with Crippen LogP contribution in [-0.4, -0.2) is 27.0 Å². The summed E-state index contributed by atoms with van der Waals surface area (Å²) in [7, 11) is -3.88. The van der Waals surface area contributed by atoms with E-state index in [4.69, 9.17) is 4.74 Å². The number of hydrogen-bond acceptors (Lipinski definition) is 4. The molecule has 0 aromatic heterocycles. The molecule has 1 heterocycles. The topological polar surface area (TPSA) is 75.7 Å². The van der Waals surface area contributed by atoms with E-state index in [1.165, 1.54) is 4.31 Å². The Hall–Kier alpha value is -3.32. The Labute approximate surface area is 188 Å². The lowest BCUT2D eigenvalue weighted by Gasteiger charge is -2.35. The molecular weight excluding hydrogens is 424 g/mol. The van der Waals surface area contributed by atoms with Gasteiger partial charge >= 0.3 is 0 Å². The van der Waals surface area contributed by atoms with Crippen LogP contribution in [0.5, 0.6) is 5.75 Å². The van der Waals surface area contributed by atoms with Gasteiger partial charge in [0.1, 0.15) is 5.75 Å². The monoisotopic (exact) mass is 450 g/mol. The quantitative estimate of drug-likeness (QED) is 0.623. The molecule has 0 saturated carbocycles. The van der Waals surface area contributed by atoms with Crippen molar-refractivity contribution in [3.8, 4) is 5.75 Å². The molecule has 7 heteroatoms. The zero-order chi connectivity index (χ0) is 22.9. The average molecular weight is 451 g/mol. The van der Waals surface area contributed by atoms with Gasteiger partial charge in [0.05, 0.1) is 17.1 Å². The minimum absolute atomic E-state index is 0.120. The van der Waals surface area contributed by atoms with Gasteiger partial charge in [-0.05, 0) is 67.8 Å². The molecule has 4 rings (SSSR count). The Kier molecular flexibility index (Phi) is 5.93. The number of aryl methyl sites for hydroxylation is 3. The summed E-state index contributed by atoms with van der Waals surface area (Å²) in [6.07, 6.45) is -0.0857. The van der Waals surface area contributed by atoms with Crippen LogP contribution in [0.15, 0.2) is 71.6 Å². The van der Waals surface area contributed by atoms with Crippen molar-refractivity contribution in [1.29, 1.82) is 0 Å². The van der Waals surface area contributed by atoms with Crippen molar-refractivity contribution < 1.29 is 17.9 Å². The lowest BCUT2D eigenvalue weighted by atomic mass is 10.1. The van der Waals surface area contributed by atoms with Gasteiger partial charge in [-0.25, -0.2) is 8.42 Å². The molecule has 6 nitrogen and oxygen atoms in total. The van der Waals surface area contributed by atoms with E-state index in [-0.39, 0.29) is 11.4 Å². The summed E-state index contributed by atoms with van der Waals surface area (Å²) in [6.45, 7) is 5.73. The van der Waals surface area contributed by atoms with Crippen molar-refractivity contribution >= 4 is 27.3 Å². The lowest BCUT2D eigenvalue weighted by Crippen LogP contribution is -2.48. The highest BCUT2D eigenvalue weighted by Gasteiger charge is 2.37. The van der Waals surface area contributed by atoms with Crippen LogP contribution in [0.1, 0.15) is 23.6 Å². The van der Waals surface area contributed by atoms with Crippen molar-refractivity contribution in [1.82, 2.24) is 0 Å². The molecule has 0 unspecified atom stereocenters. The zero-order valence-corrected chi connectivity index (χ0v) is 19.1. The van der Waals surface area contributed by atoms with E-state index in [9.17, 15) is 13.2 Å². The molecule has 0 aliphatic carbocycles. The van der Waals surface area contributed by atoms with Crippen molar-refractivity contribution in [2.75, 3.05) is 16.2 Å². The van der Waals surface area contributed by atoms with Crippen LogP contribution in [0.25, 0.3) is 0 Å². The minimum Gasteiger partial charge on any atom is -0.476 e. The van der Waals surface area contributed by atoms with Gasteiger partial charge in [0, 0.05) is 5.69 Å². The standard InChI is InChI=1S/C25H26N2O4S/c1-4-19-8-10-20(11-9-19)26-25(28)24-16-27(22-14-7-18(3)15-23(22)31-24)32(29,30)21-12-5-17(2)6-13-21/h5-15,24H,4,16H2,1-3H3,(H,26,28)/t24-/m1/s1. The number of sulfonamides is 1. The normalized spacial score (nSPS) is 15.6. The largest absolute Gasteiger partial charge is 0.476 e. The summed E-state index contributed by atoms with van der Waals surface area (Å²) >= 11 is 0. The first-order chi connectivity index (χ1) is 15.3. The fourth-order valence-corrected chi connectivity index (χ4v) is 5.09. The van der Waals surface area contributed by atoms with E-state index in [1.807, 2.05) is 44.2 Å². The minimum atomic E-state index is -3.88. The van der Waals surface area contributed by atoms with E-state index in [1.54, 1.807) is 36.4 Å². The Bertz CT molecular complexity index is 1240. The lowest BCUT2D eigenvalue weighted by molar-refractivity contribution is -0.122. The molecule has 0 radical (unpaired) electrons. The van der Waals surface area contributed by atoms with Gasteiger partial charge in [-0.2, -0.15) is 0 Å². The Morgan fingerprint density at radius 2 is 1.66 bits per heavy atom. The van der Waals surface area contributed by atoms with Crippen molar-refractivity contribution in [2.45, 2.75) is 38.2 Å². The molecule has 1 aliphatic rings. The van der Waals surface area contributed by atoms with Crippen LogP contribution in [-0.2, 0) is 21.2 Å². The van der Waals surface area contributed by atoms with E-state index in [0.29, 0.717) is 17.1 Å². The second-order valence-corrected chi connectivity index (χ2v) is 9.83. The molecule has 1 atom stereocenters. The first-order valence-corrected chi connectivity index (χ1v) is 12.0. The first kappa shape index (κ1) is 21.9. The number of nitrogens with one attached hydrogen (secondary N) is 1. The molecule has 32 heavy (non-hydrogen) atoms. The third-order valence-corrected chi connectivity index (χ3v) is 7.31. The number of fused-ring (bicyclic) bond motifs is 1. The zero-order valence-electron chi connectivity index (χ0n) is 18.3. The average Bonchev–Trinajstić information content (AvgIpc) is 2.78. The second-order valence-electron chi connectivity index (χ2n) is 7.97. The molecule has 0 fully saturated rings. The fourth-order valence-electron chi connectivity index (χ4n) is 3.61. The summed E-state index contributed by atoms with van der Waals surface area (Å²) in [5.41, 5.74) is 4.10. The summed E-state index contributed by atoms with van der Waals surface area (Å²) in [5, 5.41) is 2.84. The molecule has 1 amide bonds. The summed E-state index contributed by atoms with van der Waals surface area (Å²) in [6, 6.07) is 19.5. The Balaban J connectivity index is 1.66. The number of benzene rings is 3. The summed E-state index contributed by atoms with van der Waals surface area (Å²) in [5.74, 6) is -0.0288. The van der Waals surface area contributed by atoms with Gasteiger partial charge in [-0.1, -0.05) is 42.8 Å². The number of hydrogen-bond donors (Lipinski definition) is 1. The number of rotatable bonds is 5. The van der Waals surface area contributed by atoms with Crippen LogP contribution in [0.4, 0.5) is 11.4 Å². The molecule has 0 bridgehead atoms. The molecule has 1 aliphatic heterocycles. The number of anilines is 2. The van der Waals surface area contributed by atoms with E-state index < -0.39 is 22.0 Å². The SMILES string of the molecule is CCc1ccc(NC(=O)[C@H]2CN(S(=O)(=O)c3ccc(C)cc3)c3ccc(C)cc3O2)cc1. The predicted octanol–water partition coefficient (Wildman–Crippen LogP) is 4.46. The van der Waals surface area contributed by atoms with Crippen molar-refractivity contribution in [3.05, 3.63) is 83.4 Å². The van der Waals surface area contributed by atoms with Crippen LogP contribution < -0.4 is 14.4 Å². The Morgan fingerprint density at radius 1 is 1.00 bits per heavy atom. The molecular formula is C25H26N2O4S. The third kappa shape index (κ3) is 4.34. The maximum Gasteiger partial charge on any atom is 0.267 e. The van der Waals surface area contributed by atoms with Crippen molar-refractivity contribution in [3.63, 3.8) is 0 Å². The maximum absolute atomic E-state index is 13.5. The summed E-state index contributed by atoms with van der Waals surface area (Å²) in [4.78, 5) is 13.2. The van der Waals surface area contributed by atoms with Gasteiger partial charge in [0.25, 0.3) is 15.9 Å². The van der Waals surface area contributed by atoms with Gasteiger partial charge in [0.15, 0.2) is 6.10 Å². The van der Waals surface area contributed by atoms with Crippen molar-refractivity contribution in [2.24, 2.45) is 0 Å². The predicted molar refractivity (Wildman–Crippen MR) is 126 cm³/mol. The summed E-state index contributed by atoms with van der Waals surface area (Å²) < 4.78 is 34.2. The van der Waals surface area contributed by atoms with E-state index in [2.05, 4.69) is 12.2 Å². The number of nitrogens with zero attached hydrogens (tertiary/aromatic N) is 1. The molecule has 1 N–H and O–H groups in total. The Morgan fingerprint density at radius 3 is 2.31 bits per heavy atom. The fraction of sp³-hybridized carbons (Fsp3) is 0.240. The number of amides is 1. The molecule has 0 spiro atoms.